The van der Waals surface area contributed by atoms with Crippen molar-refractivity contribution in [3.05, 3.63) is 11.8 Å². The lowest BCUT2D eigenvalue weighted by molar-refractivity contribution is -0.200. The summed E-state index contributed by atoms with van der Waals surface area (Å²) in [7, 11) is 3.00. The lowest BCUT2D eigenvalue weighted by Crippen LogP contribution is -2.39. The summed E-state index contributed by atoms with van der Waals surface area (Å²) in [6.07, 6.45) is 0.185. The van der Waals surface area contributed by atoms with Crippen molar-refractivity contribution in [2.75, 3.05) is 14.2 Å². The van der Waals surface area contributed by atoms with E-state index in [9.17, 15) is 5.11 Å². The second-order valence-electron chi connectivity index (χ2n) is 2.66. The third-order valence-corrected chi connectivity index (χ3v) is 1.77. The van der Waals surface area contributed by atoms with Gasteiger partial charge in [0.2, 0.25) is 0 Å². The van der Waals surface area contributed by atoms with Gasteiger partial charge in [-0.15, -0.1) is 0 Å². The molecule has 0 radical (unpaired) electrons. The monoisotopic (exact) mass is 174 g/mol. The lowest BCUT2D eigenvalue weighted by Gasteiger charge is -2.29. The fraction of sp³-hybridized carbons (Fsp3) is 0.750. The zero-order valence-corrected chi connectivity index (χ0v) is 7.48. The molecule has 0 aromatic heterocycles. The fourth-order valence-corrected chi connectivity index (χ4v) is 1.16. The second-order valence-corrected chi connectivity index (χ2v) is 2.66. The maximum atomic E-state index is 9.50. The molecule has 0 aromatic rings. The number of methoxy groups -OCH3 is 2. The molecule has 4 heteroatoms. The molecule has 3 atom stereocenters. The van der Waals surface area contributed by atoms with Gasteiger partial charge in [0.1, 0.15) is 5.76 Å². The van der Waals surface area contributed by atoms with E-state index in [2.05, 4.69) is 0 Å². The van der Waals surface area contributed by atoms with Gasteiger partial charge in [-0.1, -0.05) is 0 Å². The summed E-state index contributed by atoms with van der Waals surface area (Å²) in [6, 6.07) is 0. The number of aliphatic hydroxyl groups excluding tert-OH is 1. The van der Waals surface area contributed by atoms with Crippen LogP contribution in [-0.2, 0) is 14.2 Å². The fourth-order valence-electron chi connectivity index (χ4n) is 1.16. The van der Waals surface area contributed by atoms with Crippen LogP contribution in [0.3, 0.4) is 0 Å². The first-order valence-electron chi connectivity index (χ1n) is 3.81. The van der Waals surface area contributed by atoms with Gasteiger partial charge in [-0.05, 0) is 13.0 Å². The van der Waals surface area contributed by atoms with E-state index in [1.807, 2.05) is 6.92 Å². The van der Waals surface area contributed by atoms with E-state index < -0.39 is 12.4 Å². The van der Waals surface area contributed by atoms with Gasteiger partial charge in [0.25, 0.3) is 0 Å². The minimum atomic E-state index is -0.823. The van der Waals surface area contributed by atoms with Crippen molar-refractivity contribution in [2.45, 2.75) is 25.4 Å². The molecule has 0 amide bonds. The van der Waals surface area contributed by atoms with Gasteiger partial charge >= 0.3 is 0 Å². The van der Waals surface area contributed by atoms with Crippen molar-refractivity contribution in [3.63, 3.8) is 0 Å². The first-order chi connectivity index (χ1) is 5.69. The van der Waals surface area contributed by atoms with Crippen LogP contribution in [0.25, 0.3) is 0 Å². The second kappa shape index (κ2) is 3.89. The molecule has 12 heavy (non-hydrogen) atoms. The highest BCUT2D eigenvalue weighted by atomic mass is 16.7. The highest BCUT2D eigenvalue weighted by Crippen LogP contribution is 2.20. The highest BCUT2D eigenvalue weighted by Gasteiger charge is 2.30. The molecular formula is C8H14O4. The van der Waals surface area contributed by atoms with Gasteiger partial charge in [0.05, 0.1) is 13.2 Å². The molecule has 0 saturated heterocycles. The molecule has 0 unspecified atom stereocenters. The van der Waals surface area contributed by atoms with E-state index in [0.717, 1.165) is 0 Å². The smallest absolute Gasteiger partial charge is 0.191 e. The molecule has 0 aromatic carbocycles. The molecule has 4 nitrogen and oxygen atoms in total. The molecule has 1 aliphatic heterocycles. The van der Waals surface area contributed by atoms with E-state index >= 15 is 0 Å². The van der Waals surface area contributed by atoms with Crippen molar-refractivity contribution < 1.29 is 19.3 Å². The molecule has 0 aliphatic carbocycles. The zero-order chi connectivity index (χ0) is 9.14. The van der Waals surface area contributed by atoms with Crippen LogP contribution in [0.15, 0.2) is 11.8 Å². The van der Waals surface area contributed by atoms with Crippen LogP contribution in [0.2, 0.25) is 0 Å². The van der Waals surface area contributed by atoms with Crippen molar-refractivity contribution >= 4 is 0 Å². The van der Waals surface area contributed by atoms with Crippen LogP contribution in [0.1, 0.15) is 6.92 Å². The van der Waals surface area contributed by atoms with Crippen molar-refractivity contribution in [3.8, 4) is 0 Å². The quantitative estimate of drug-likeness (QED) is 0.652. The molecular weight excluding hydrogens is 160 g/mol. The average Bonchev–Trinajstić information content (AvgIpc) is 2.08. The summed E-state index contributed by atoms with van der Waals surface area (Å²) < 4.78 is 15.1. The Morgan fingerprint density at radius 3 is 2.67 bits per heavy atom. The summed E-state index contributed by atoms with van der Waals surface area (Å²) >= 11 is 0. The summed E-state index contributed by atoms with van der Waals surface area (Å²) in [5.41, 5.74) is 0. The Balaban J connectivity index is 2.72. The molecule has 0 bridgehead atoms. The predicted molar refractivity (Wildman–Crippen MR) is 42.4 cm³/mol. The van der Waals surface area contributed by atoms with Crippen LogP contribution in [-0.4, -0.2) is 37.8 Å². The SMILES string of the molecule is COC1=C[C@@H](C)O[C@H](OC)[C@H]1O. The van der Waals surface area contributed by atoms with Crippen molar-refractivity contribution in [1.82, 2.24) is 0 Å². The Morgan fingerprint density at radius 1 is 1.50 bits per heavy atom. The summed E-state index contributed by atoms with van der Waals surface area (Å²) in [4.78, 5) is 0. The number of rotatable bonds is 2. The van der Waals surface area contributed by atoms with E-state index in [4.69, 9.17) is 14.2 Å². The summed E-state index contributed by atoms with van der Waals surface area (Å²) in [5, 5.41) is 9.50. The van der Waals surface area contributed by atoms with Gasteiger partial charge < -0.3 is 19.3 Å². The van der Waals surface area contributed by atoms with Gasteiger partial charge in [0.15, 0.2) is 12.4 Å². The zero-order valence-electron chi connectivity index (χ0n) is 7.48. The normalized spacial score (nSPS) is 36.0. The minimum absolute atomic E-state index is 0.0895. The maximum Gasteiger partial charge on any atom is 0.191 e. The Hall–Kier alpha value is -0.580. The van der Waals surface area contributed by atoms with Crippen LogP contribution in [0, 0.1) is 0 Å². The van der Waals surface area contributed by atoms with Gasteiger partial charge in [-0.2, -0.15) is 0 Å². The van der Waals surface area contributed by atoms with Gasteiger partial charge in [-0.3, -0.25) is 0 Å². The molecule has 0 saturated carbocycles. The molecule has 0 spiro atoms. The Kier molecular flexibility index (Phi) is 3.08. The van der Waals surface area contributed by atoms with Gasteiger partial charge in [0, 0.05) is 7.11 Å². The topological polar surface area (TPSA) is 47.9 Å². The number of ether oxygens (including phenoxy) is 3. The maximum absolute atomic E-state index is 9.50. The molecule has 1 N–H and O–H groups in total. The molecule has 1 aliphatic rings. The molecule has 1 heterocycles. The van der Waals surface area contributed by atoms with Crippen LogP contribution in [0.4, 0.5) is 0 Å². The first kappa shape index (κ1) is 9.51. The van der Waals surface area contributed by atoms with E-state index in [1.54, 1.807) is 6.08 Å². The van der Waals surface area contributed by atoms with Crippen LogP contribution >= 0.6 is 0 Å². The van der Waals surface area contributed by atoms with Crippen LogP contribution < -0.4 is 0 Å². The van der Waals surface area contributed by atoms with Gasteiger partial charge in [-0.25, -0.2) is 0 Å². The Labute approximate surface area is 71.7 Å². The first-order valence-corrected chi connectivity index (χ1v) is 3.81. The Morgan fingerprint density at radius 2 is 2.17 bits per heavy atom. The van der Waals surface area contributed by atoms with Crippen molar-refractivity contribution in [1.29, 1.82) is 0 Å². The molecule has 1 rings (SSSR count). The lowest BCUT2D eigenvalue weighted by atomic mass is 10.2. The number of aliphatic hydroxyl groups is 1. The molecule has 70 valence electrons. The van der Waals surface area contributed by atoms with E-state index in [-0.39, 0.29) is 6.10 Å². The predicted octanol–water partition coefficient (Wildman–Crippen LogP) is 0.269. The number of hydrogen-bond donors (Lipinski definition) is 1. The largest absolute Gasteiger partial charge is 0.498 e. The van der Waals surface area contributed by atoms with Crippen molar-refractivity contribution in [2.24, 2.45) is 0 Å². The van der Waals surface area contributed by atoms with E-state index in [0.29, 0.717) is 5.76 Å². The third kappa shape index (κ3) is 1.77. The van der Waals surface area contributed by atoms with E-state index in [1.165, 1.54) is 14.2 Å². The highest BCUT2D eigenvalue weighted by molar-refractivity contribution is 5.07. The minimum Gasteiger partial charge on any atom is -0.498 e. The summed E-state index contributed by atoms with van der Waals surface area (Å²) in [5.74, 6) is 0.501. The third-order valence-electron chi connectivity index (χ3n) is 1.77. The number of hydrogen-bond acceptors (Lipinski definition) is 4. The standard InChI is InChI=1S/C8H14O4/c1-5-4-6(10-2)7(9)8(11-3)12-5/h4-5,7-9H,1-3H3/t5-,7+,8+/m1/s1. The van der Waals surface area contributed by atoms with Crippen LogP contribution in [0.5, 0.6) is 0 Å². The average molecular weight is 174 g/mol. The Bertz CT molecular complexity index is 178. The molecule has 0 fully saturated rings. The summed E-state index contributed by atoms with van der Waals surface area (Å²) in [6.45, 7) is 1.86.